The lowest BCUT2D eigenvalue weighted by molar-refractivity contribution is 0.0340. The maximum absolute atomic E-state index is 6.31. The molecule has 2 unspecified atom stereocenters. The first-order valence-electron chi connectivity index (χ1n) is 5.52. The molecule has 0 spiro atoms. The predicted octanol–water partition coefficient (Wildman–Crippen LogP) is -0.404. The van der Waals surface area contributed by atoms with Gasteiger partial charge in [-0.1, -0.05) is 11.6 Å². The summed E-state index contributed by atoms with van der Waals surface area (Å²) in [6.07, 6.45) is 0. The summed E-state index contributed by atoms with van der Waals surface area (Å²) in [4.78, 5) is 12.5. The van der Waals surface area contributed by atoms with Crippen molar-refractivity contribution in [3.8, 4) is 12.0 Å². The monoisotopic (exact) mass is 293 g/mol. The van der Waals surface area contributed by atoms with Crippen molar-refractivity contribution in [3.05, 3.63) is 0 Å². The molecule has 2 atom stereocenters. The lowest BCUT2D eigenvalue weighted by Crippen LogP contribution is -2.58. The van der Waals surface area contributed by atoms with Gasteiger partial charge in [0.1, 0.15) is 13.2 Å². The molecule has 2 rings (SSSR count). The van der Waals surface area contributed by atoms with E-state index in [1.807, 2.05) is 7.05 Å². The molecule has 1 aromatic rings. The topological polar surface area (TPSA) is 97.9 Å². The van der Waals surface area contributed by atoms with Crippen LogP contribution in [0.3, 0.4) is 0 Å². The van der Waals surface area contributed by atoms with Crippen LogP contribution in [0.25, 0.3) is 0 Å². The molecule has 19 heavy (non-hydrogen) atoms. The van der Waals surface area contributed by atoms with Gasteiger partial charge in [0.25, 0.3) is 0 Å². The van der Waals surface area contributed by atoms with Crippen LogP contribution in [0.15, 0.2) is 0 Å². The number of likely N-dealkylation sites (N-methyl/N-ethyl adjacent to an activating group) is 1. The molecule has 1 aliphatic rings. The Bertz CT molecular complexity index is 414. The zero-order chi connectivity index (χ0) is 13.2. The third-order valence-electron chi connectivity index (χ3n) is 2.98. The van der Waals surface area contributed by atoms with E-state index in [2.05, 4.69) is 15.0 Å². The van der Waals surface area contributed by atoms with Crippen LogP contribution >= 0.6 is 11.6 Å². The van der Waals surface area contributed by atoms with Crippen LogP contribution < -0.4 is 14.0 Å². The summed E-state index contributed by atoms with van der Waals surface area (Å²) >= 11 is 6.31. The average molecular weight is 294 g/mol. The minimum Gasteiger partial charge on any atom is -0.466 e. The Hall–Kier alpha value is -1.22. The van der Waals surface area contributed by atoms with Gasteiger partial charge < -0.3 is 19.7 Å². The molecule has 2 heterocycles. The third kappa shape index (κ3) is 3.03. The van der Waals surface area contributed by atoms with Crippen molar-refractivity contribution >= 4 is 17.5 Å². The normalized spacial score (nSPS) is 26.4. The van der Waals surface area contributed by atoms with Crippen molar-refractivity contribution < 1.29 is 19.7 Å². The molecule has 2 N–H and O–H groups in total. The zero-order valence-corrected chi connectivity index (χ0v) is 11.8. The van der Waals surface area contributed by atoms with Gasteiger partial charge in [-0.2, -0.15) is 0 Å². The molecule has 108 valence electrons. The molecular weight excluding hydrogens is 276 g/mol. The van der Waals surface area contributed by atoms with Crippen molar-refractivity contribution in [1.29, 1.82) is 0 Å². The van der Waals surface area contributed by atoms with Crippen LogP contribution in [-0.2, 0) is 4.74 Å². The number of morpholine rings is 1. The first-order chi connectivity index (χ1) is 8.60. The first kappa shape index (κ1) is 15.8. The smallest absolute Gasteiger partial charge is 0.339 e. The summed E-state index contributed by atoms with van der Waals surface area (Å²) < 4.78 is 15.8. The Kier molecular flexibility index (Phi) is 5.24. The number of hydrogen-bond acceptors (Lipinski definition) is 6. The molecule has 0 saturated carbocycles. The quantitative estimate of drug-likeness (QED) is 0.427. The maximum atomic E-state index is 6.31. The fraction of sp³-hybridized carbons (Fsp3) is 0.700. The summed E-state index contributed by atoms with van der Waals surface area (Å²) in [5, 5.41) is 0. The lowest BCUT2D eigenvalue weighted by atomic mass is 10.3. The van der Waals surface area contributed by atoms with E-state index in [0.717, 1.165) is 0 Å². The Morgan fingerprint density at radius 3 is 2.26 bits per heavy atom. The highest BCUT2D eigenvalue weighted by Crippen LogP contribution is 2.27. The van der Waals surface area contributed by atoms with E-state index >= 15 is 0 Å². The second kappa shape index (κ2) is 6.29. The van der Waals surface area contributed by atoms with E-state index in [9.17, 15) is 0 Å². The van der Waals surface area contributed by atoms with E-state index in [1.165, 1.54) is 14.2 Å². The van der Waals surface area contributed by atoms with E-state index in [4.69, 9.17) is 25.8 Å². The molecule has 8 nitrogen and oxygen atoms in total. The number of quaternary nitrogens is 1. The molecule has 9 heteroatoms. The van der Waals surface area contributed by atoms with Gasteiger partial charge in [0, 0.05) is 0 Å². The highest BCUT2D eigenvalue weighted by molar-refractivity contribution is 6.21. The molecule has 1 fully saturated rings. The largest absolute Gasteiger partial charge is 0.466 e. The molecular formula is C10H18ClN4O4+. The second-order valence-electron chi connectivity index (χ2n) is 4.11. The number of alkyl halides is 1. The first-order valence-corrected chi connectivity index (χ1v) is 5.95. The van der Waals surface area contributed by atoms with Crippen LogP contribution in [0.2, 0.25) is 0 Å². The molecule has 0 aliphatic carbocycles. The number of ether oxygens (including phenoxy) is 3. The molecule has 0 amide bonds. The van der Waals surface area contributed by atoms with E-state index in [-0.39, 0.29) is 23.0 Å². The van der Waals surface area contributed by atoms with E-state index in [0.29, 0.717) is 30.2 Å². The predicted molar refractivity (Wildman–Crippen MR) is 69.6 cm³/mol. The summed E-state index contributed by atoms with van der Waals surface area (Å²) in [5.41, 5.74) is -0.254. The second-order valence-corrected chi connectivity index (χ2v) is 4.61. The number of nitrogens with zero attached hydrogens (tertiary/aromatic N) is 4. The van der Waals surface area contributed by atoms with Gasteiger partial charge in [0.15, 0.2) is 5.50 Å². The van der Waals surface area contributed by atoms with Crippen LogP contribution in [-0.4, -0.2) is 67.0 Å². The van der Waals surface area contributed by atoms with Gasteiger partial charge in [-0.15, -0.1) is 15.0 Å². The molecule has 1 aromatic heterocycles. The van der Waals surface area contributed by atoms with Gasteiger partial charge in [-0.3, -0.25) is 0 Å². The van der Waals surface area contributed by atoms with Gasteiger partial charge in [0.2, 0.25) is 0 Å². The van der Waals surface area contributed by atoms with Crippen molar-refractivity contribution in [1.82, 2.24) is 19.4 Å². The van der Waals surface area contributed by atoms with Crippen molar-refractivity contribution in [2.75, 3.05) is 41.0 Å². The minimum absolute atomic E-state index is 0. The Labute approximate surface area is 116 Å². The molecule has 0 bridgehead atoms. The number of methoxy groups -OCH3 is 2. The van der Waals surface area contributed by atoms with E-state index < -0.39 is 0 Å². The Balaban J connectivity index is 0.00000180. The van der Waals surface area contributed by atoms with Gasteiger partial charge in [0.05, 0.1) is 27.9 Å². The third-order valence-corrected chi connectivity index (χ3v) is 3.54. The standard InChI is InChI=1S/C10H16ClN4O3.H2O/c1-15(4-5-18-6-7(15)11)8-12-9(16-2)14-10(13-8)17-3;/h7H,4-6H2,1-3H3;1H2/q+1;. The van der Waals surface area contributed by atoms with Crippen molar-refractivity contribution in [2.45, 2.75) is 5.50 Å². The Morgan fingerprint density at radius 1 is 1.21 bits per heavy atom. The summed E-state index contributed by atoms with van der Waals surface area (Å²) in [5.74, 6) is 0.516. The van der Waals surface area contributed by atoms with Crippen molar-refractivity contribution in [3.63, 3.8) is 0 Å². The fourth-order valence-electron chi connectivity index (χ4n) is 1.70. The maximum Gasteiger partial charge on any atom is 0.339 e. The van der Waals surface area contributed by atoms with Crippen molar-refractivity contribution in [2.24, 2.45) is 0 Å². The summed E-state index contributed by atoms with van der Waals surface area (Å²) in [6.45, 7) is 1.74. The van der Waals surface area contributed by atoms with Crippen LogP contribution in [0.5, 0.6) is 12.0 Å². The highest BCUT2D eigenvalue weighted by atomic mass is 35.5. The van der Waals surface area contributed by atoms with Gasteiger partial charge in [-0.25, -0.2) is 4.48 Å². The highest BCUT2D eigenvalue weighted by Gasteiger charge is 2.40. The Morgan fingerprint density at radius 2 is 1.79 bits per heavy atom. The molecule has 0 radical (unpaired) electrons. The lowest BCUT2D eigenvalue weighted by Gasteiger charge is -2.38. The number of rotatable bonds is 3. The summed E-state index contributed by atoms with van der Waals surface area (Å²) in [7, 11) is 4.94. The minimum atomic E-state index is -0.254. The van der Waals surface area contributed by atoms with Crippen LogP contribution in [0, 0.1) is 0 Å². The van der Waals surface area contributed by atoms with Crippen LogP contribution in [0.4, 0.5) is 5.95 Å². The average Bonchev–Trinajstić information content (AvgIpc) is 2.41. The number of aromatic nitrogens is 3. The zero-order valence-electron chi connectivity index (χ0n) is 11.1. The summed E-state index contributed by atoms with van der Waals surface area (Å²) in [6, 6.07) is 0.429. The van der Waals surface area contributed by atoms with Gasteiger partial charge in [-0.05, 0) is 0 Å². The fourth-order valence-corrected chi connectivity index (χ4v) is 1.98. The number of hydrogen-bond donors (Lipinski definition) is 0. The number of halogens is 1. The molecule has 0 aromatic carbocycles. The SMILES string of the molecule is COc1nc(OC)nc([N+]2(C)CCOCC2Cl)n1.O. The van der Waals surface area contributed by atoms with E-state index in [1.54, 1.807) is 0 Å². The van der Waals surface area contributed by atoms with Gasteiger partial charge >= 0.3 is 18.0 Å². The molecule has 1 aliphatic heterocycles. The molecule has 1 saturated heterocycles. The van der Waals surface area contributed by atoms with Crippen LogP contribution in [0.1, 0.15) is 0 Å².